The highest BCUT2D eigenvalue weighted by Gasteiger charge is 2.45. The van der Waals surface area contributed by atoms with Crippen molar-refractivity contribution >= 4 is 5.97 Å². The second-order valence-electron chi connectivity index (χ2n) is 8.84. The van der Waals surface area contributed by atoms with Crippen LogP contribution in [0.15, 0.2) is 24.3 Å². The molecule has 0 radical (unpaired) electrons. The third-order valence-electron chi connectivity index (χ3n) is 7.16. The third-order valence-corrected chi connectivity index (χ3v) is 7.16. The monoisotopic (exact) mass is 360 g/mol. The molecule has 2 N–H and O–H groups in total. The van der Waals surface area contributed by atoms with Gasteiger partial charge in [-0.3, -0.25) is 4.79 Å². The molecule has 0 aliphatic heterocycles. The molecule has 5 atom stereocenters. The van der Waals surface area contributed by atoms with Gasteiger partial charge >= 0.3 is 5.97 Å². The van der Waals surface area contributed by atoms with Crippen LogP contribution in [-0.2, 0) is 4.79 Å². The lowest BCUT2D eigenvalue weighted by atomic mass is 9.76. The molecule has 0 spiro atoms. The standard InChI is InChI=1S/C23H36O3/c24-22(17-8-4-3-5-9-17)15-14-21-19-13-12-18(16-19)20(21)10-6-1-2-7-11-23(25)26/h1,6,14-15,17-22,24H,2-5,7-13,16H2,(H,25,26)/b6-1-,15-14+/t18-,19+,20-,21+,22?/m1/s1. The van der Waals surface area contributed by atoms with E-state index in [2.05, 4.69) is 24.3 Å². The molecule has 0 aromatic heterocycles. The lowest BCUT2D eigenvalue weighted by molar-refractivity contribution is -0.137. The molecule has 1 unspecified atom stereocenters. The predicted molar refractivity (Wildman–Crippen MR) is 105 cm³/mol. The van der Waals surface area contributed by atoms with Gasteiger partial charge in [-0.15, -0.1) is 0 Å². The molecule has 3 aliphatic rings. The van der Waals surface area contributed by atoms with Crippen LogP contribution in [0.5, 0.6) is 0 Å². The van der Waals surface area contributed by atoms with E-state index in [9.17, 15) is 9.90 Å². The van der Waals surface area contributed by atoms with Gasteiger partial charge in [-0.05, 0) is 81.0 Å². The second-order valence-corrected chi connectivity index (χ2v) is 8.84. The third kappa shape index (κ3) is 5.22. The number of fused-ring (bicyclic) bond motifs is 2. The fraction of sp³-hybridized carbons (Fsp3) is 0.783. The largest absolute Gasteiger partial charge is 0.481 e. The Kier molecular flexibility index (Phi) is 7.36. The summed E-state index contributed by atoms with van der Waals surface area (Å²) in [6.45, 7) is 0. The average Bonchev–Trinajstić information content (AvgIpc) is 3.24. The summed E-state index contributed by atoms with van der Waals surface area (Å²) in [5.41, 5.74) is 0. The first kappa shape index (κ1) is 19.7. The van der Waals surface area contributed by atoms with E-state index in [1.54, 1.807) is 0 Å². The molecule has 0 aromatic carbocycles. The Morgan fingerprint density at radius 3 is 2.58 bits per heavy atom. The summed E-state index contributed by atoms with van der Waals surface area (Å²) in [5, 5.41) is 19.3. The van der Waals surface area contributed by atoms with Gasteiger partial charge in [0.1, 0.15) is 0 Å². The fourth-order valence-electron chi connectivity index (χ4n) is 5.72. The normalized spacial score (nSPS) is 33.4. The van der Waals surface area contributed by atoms with Gasteiger partial charge in [0.15, 0.2) is 0 Å². The van der Waals surface area contributed by atoms with Gasteiger partial charge in [-0.2, -0.15) is 0 Å². The summed E-state index contributed by atoms with van der Waals surface area (Å²) < 4.78 is 0. The first-order valence-corrected chi connectivity index (χ1v) is 10.9. The highest BCUT2D eigenvalue weighted by atomic mass is 16.4. The Balaban J connectivity index is 1.49. The number of carboxylic acids is 1. The number of allylic oxidation sites excluding steroid dienone is 3. The minimum atomic E-state index is -0.701. The van der Waals surface area contributed by atoms with E-state index in [1.807, 2.05) is 0 Å². The van der Waals surface area contributed by atoms with Gasteiger partial charge in [0.05, 0.1) is 6.10 Å². The predicted octanol–water partition coefficient (Wildman–Crippen LogP) is 5.35. The van der Waals surface area contributed by atoms with Crippen LogP contribution >= 0.6 is 0 Å². The first-order chi connectivity index (χ1) is 12.6. The van der Waals surface area contributed by atoms with Crippen molar-refractivity contribution in [3.63, 3.8) is 0 Å². The number of carboxylic acid groups (broad SMARTS) is 1. The minimum Gasteiger partial charge on any atom is -0.481 e. The number of unbranched alkanes of at least 4 members (excludes halogenated alkanes) is 1. The summed E-state index contributed by atoms with van der Waals surface area (Å²) in [5.74, 6) is 2.81. The molecule has 3 fully saturated rings. The lowest BCUT2D eigenvalue weighted by Crippen LogP contribution is -2.23. The summed E-state index contributed by atoms with van der Waals surface area (Å²) >= 11 is 0. The summed E-state index contributed by atoms with van der Waals surface area (Å²) in [4.78, 5) is 10.6. The van der Waals surface area contributed by atoms with E-state index in [1.165, 1.54) is 51.4 Å². The van der Waals surface area contributed by atoms with E-state index < -0.39 is 5.97 Å². The van der Waals surface area contributed by atoms with Crippen molar-refractivity contribution in [2.75, 3.05) is 0 Å². The van der Waals surface area contributed by atoms with Crippen molar-refractivity contribution in [3.05, 3.63) is 24.3 Å². The number of hydrogen-bond acceptors (Lipinski definition) is 2. The van der Waals surface area contributed by atoms with Crippen LogP contribution in [0.1, 0.15) is 77.0 Å². The van der Waals surface area contributed by atoms with Gasteiger partial charge in [-0.25, -0.2) is 0 Å². The zero-order chi connectivity index (χ0) is 18.4. The molecule has 0 heterocycles. The average molecular weight is 361 g/mol. The zero-order valence-electron chi connectivity index (χ0n) is 16.1. The number of aliphatic hydroxyl groups excluding tert-OH is 1. The fourth-order valence-corrected chi connectivity index (χ4v) is 5.72. The minimum absolute atomic E-state index is 0.248. The van der Waals surface area contributed by atoms with Gasteiger partial charge in [0.2, 0.25) is 0 Å². The zero-order valence-corrected chi connectivity index (χ0v) is 16.1. The van der Waals surface area contributed by atoms with Gasteiger partial charge in [-0.1, -0.05) is 43.6 Å². The van der Waals surface area contributed by atoms with Crippen LogP contribution in [0.3, 0.4) is 0 Å². The molecule has 3 saturated carbocycles. The maximum atomic E-state index is 10.6. The topological polar surface area (TPSA) is 57.5 Å². The highest BCUT2D eigenvalue weighted by Crippen LogP contribution is 2.54. The SMILES string of the molecule is O=C(O)CCC/C=C\C[C@@H]1[C@@H]2CC[C@@H](C2)[C@@H]1/C=C/C(O)C1CCCCC1. The van der Waals surface area contributed by atoms with Crippen molar-refractivity contribution in [2.45, 2.75) is 83.2 Å². The molecule has 146 valence electrons. The quantitative estimate of drug-likeness (QED) is 0.430. The molecule has 0 saturated heterocycles. The van der Waals surface area contributed by atoms with E-state index in [-0.39, 0.29) is 12.5 Å². The Morgan fingerprint density at radius 2 is 1.81 bits per heavy atom. The number of carbonyl (C=O) groups is 1. The Morgan fingerprint density at radius 1 is 1.04 bits per heavy atom. The number of aliphatic hydroxyl groups is 1. The number of hydrogen-bond donors (Lipinski definition) is 2. The van der Waals surface area contributed by atoms with Crippen LogP contribution in [-0.4, -0.2) is 22.3 Å². The Hall–Kier alpha value is -1.09. The van der Waals surface area contributed by atoms with E-state index >= 15 is 0 Å². The van der Waals surface area contributed by atoms with Crippen molar-refractivity contribution in [1.82, 2.24) is 0 Å². The molecule has 3 rings (SSSR count). The Labute approximate surface area is 158 Å². The lowest BCUT2D eigenvalue weighted by Gasteiger charge is -2.29. The molecule has 26 heavy (non-hydrogen) atoms. The van der Waals surface area contributed by atoms with Gasteiger partial charge in [0, 0.05) is 6.42 Å². The van der Waals surface area contributed by atoms with Gasteiger partial charge < -0.3 is 10.2 Å². The van der Waals surface area contributed by atoms with E-state index in [0.29, 0.717) is 11.8 Å². The number of aliphatic carboxylic acids is 1. The van der Waals surface area contributed by atoms with Crippen LogP contribution in [0, 0.1) is 29.6 Å². The van der Waals surface area contributed by atoms with Crippen LogP contribution in [0.2, 0.25) is 0 Å². The van der Waals surface area contributed by atoms with Crippen LogP contribution in [0.25, 0.3) is 0 Å². The second kappa shape index (κ2) is 9.73. The summed E-state index contributed by atoms with van der Waals surface area (Å²) in [6.07, 6.45) is 22.0. The summed E-state index contributed by atoms with van der Waals surface area (Å²) in [6, 6.07) is 0. The van der Waals surface area contributed by atoms with Gasteiger partial charge in [0.25, 0.3) is 0 Å². The summed E-state index contributed by atoms with van der Waals surface area (Å²) in [7, 11) is 0. The molecule has 3 heteroatoms. The molecule has 3 aliphatic carbocycles. The highest BCUT2D eigenvalue weighted by molar-refractivity contribution is 5.66. The smallest absolute Gasteiger partial charge is 0.303 e. The molecule has 2 bridgehead atoms. The van der Waals surface area contributed by atoms with Crippen molar-refractivity contribution in [1.29, 1.82) is 0 Å². The first-order valence-electron chi connectivity index (χ1n) is 10.9. The van der Waals surface area contributed by atoms with Crippen molar-refractivity contribution < 1.29 is 15.0 Å². The van der Waals surface area contributed by atoms with E-state index in [4.69, 9.17) is 5.11 Å². The molecule has 3 nitrogen and oxygen atoms in total. The Bertz CT molecular complexity index is 504. The van der Waals surface area contributed by atoms with Crippen molar-refractivity contribution in [2.24, 2.45) is 29.6 Å². The van der Waals surface area contributed by atoms with E-state index in [0.717, 1.165) is 37.0 Å². The molecular formula is C23H36O3. The van der Waals surface area contributed by atoms with Crippen LogP contribution < -0.4 is 0 Å². The molecular weight excluding hydrogens is 324 g/mol. The maximum absolute atomic E-state index is 10.6. The molecule has 0 amide bonds. The maximum Gasteiger partial charge on any atom is 0.303 e. The molecule has 0 aromatic rings. The van der Waals surface area contributed by atoms with Crippen LogP contribution in [0.4, 0.5) is 0 Å². The van der Waals surface area contributed by atoms with Crippen molar-refractivity contribution in [3.8, 4) is 0 Å². The number of rotatable bonds is 9.